The SMILES string of the molecule is N=C(N)c1ccncc1SC1CCCC1. The van der Waals surface area contributed by atoms with Crippen LogP contribution in [0, 0.1) is 5.41 Å². The van der Waals surface area contributed by atoms with E-state index in [1.54, 1.807) is 6.20 Å². The lowest BCUT2D eigenvalue weighted by atomic mass is 10.2. The summed E-state index contributed by atoms with van der Waals surface area (Å²) in [6.07, 6.45) is 8.71. The molecule has 1 aliphatic carbocycles. The third kappa shape index (κ3) is 2.50. The molecule has 1 aliphatic rings. The van der Waals surface area contributed by atoms with Crippen LogP contribution in [0.1, 0.15) is 31.2 Å². The van der Waals surface area contributed by atoms with Crippen molar-refractivity contribution >= 4 is 17.6 Å². The topological polar surface area (TPSA) is 62.8 Å². The molecule has 80 valence electrons. The van der Waals surface area contributed by atoms with Crippen LogP contribution in [0.4, 0.5) is 0 Å². The zero-order valence-electron chi connectivity index (χ0n) is 8.57. The third-order valence-electron chi connectivity index (χ3n) is 2.67. The number of nitrogens with zero attached hydrogens (tertiary/aromatic N) is 1. The van der Waals surface area contributed by atoms with Crippen molar-refractivity contribution in [3.63, 3.8) is 0 Å². The number of nitrogens with one attached hydrogen (secondary N) is 1. The summed E-state index contributed by atoms with van der Waals surface area (Å²) in [5.41, 5.74) is 6.35. The normalized spacial score (nSPS) is 16.8. The van der Waals surface area contributed by atoms with Gasteiger partial charge in [0.2, 0.25) is 0 Å². The largest absolute Gasteiger partial charge is 0.384 e. The molecule has 1 aromatic heterocycles. The van der Waals surface area contributed by atoms with Crippen molar-refractivity contribution in [2.75, 3.05) is 0 Å². The molecule has 0 radical (unpaired) electrons. The van der Waals surface area contributed by atoms with Crippen LogP contribution in [0.25, 0.3) is 0 Å². The molecule has 1 aromatic rings. The monoisotopic (exact) mass is 221 g/mol. The van der Waals surface area contributed by atoms with Gasteiger partial charge in [0.15, 0.2) is 0 Å². The minimum atomic E-state index is 0.137. The molecule has 0 saturated heterocycles. The van der Waals surface area contributed by atoms with Crippen molar-refractivity contribution in [2.24, 2.45) is 5.73 Å². The van der Waals surface area contributed by atoms with Crippen molar-refractivity contribution in [1.29, 1.82) is 5.41 Å². The van der Waals surface area contributed by atoms with E-state index in [-0.39, 0.29) is 5.84 Å². The van der Waals surface area contributed by atoms with Gasteiger partial charge in [-0.2, -0.15) is 0 Å². The second-order valence-corrected chi connectivity index (χ2v) is 5.15. The standard InChI is InChI=1S/C11H15N3S/c12-11(13)9-5-6-14-7-10(9)15-8-3-1-2-4-8/h5-8H,1-4H2,(H3,12,13). The van der Waals surface area contributed by atoms with Crippen LogP contribution in [0.2, 0.25) is 0 Å². The quantitative estimate of drug-likeness (QED) is 0.608. The lowest BCUT2D eigenvalue weighted by Gasteiger charge is -2.11. The predicted octanol–water partition coefficient (Wildman–Crippen LogP) is 2.40. The molecule has 0 aliphatic heterocycles. The Morgan fingerprint density at radius 1 is 1.47 bits per heavy atom. The summed E-state index contributed by atoms with van der Waals surface area (Å²) < 4.78 is 0. The molecule has 4 heteroatoms. The fraction of sp³-hybridized carbons (Fsp3) is 0.455. The number of nitrogens with two attached hydrogens (primary N) is 1. The van der Waals surface area contributed by atoms with Crippen molar-refractivity contribution in [2.45, 2.75) is 35.8 Å². The highest BCUT2D eigenvalue weighted by atomic mass is 32.2. The average molecular weight is 221 g/mol. The van der Waals surface area contributed by atoms with Crippen LogP contribution in [-0.4, -0.2) is 16.1 Å². The Labute approximate surface area is 94.0 Å². The molecule has 2 rings (SSSR count). The number of aromatic nitrogens is 1. The average Bonchev–Trinajstić information content (AvgIpc) is 2.71. The molecular formula is C11H15N3S. The fourth-order valence-electron chi connectivity index (χ4n) is 1.88. The molecule has 0 atom stereocenters. The first-order valence-electron chi connectivity index (χ1n) is 5.22. The maximum atomic E-state index is 7.49. The van der Waals surface area contributed by atoms with Gasteiger partial charge in [-0.3, -0.25) is 10.4 Å². The number of nitrogen functional groups attached to an aromatic ring is 1. The van der Waals surface area contributed by atoms with Gasteiger partial charge in [0.25, 0.3) is 0 Å². The number of pyridine rings is 1. The summed E-state index contributed by atoms with van der Waals surface area (Å²) in [5, 5.41) is 8.17. The molecule has 1 heterocycles. The van der Waals surface area contributed by atoms with E-state index in [0.717, 1.165) is 10.5 Å². The Kier molecular flexibility index (Phi) is 3.26. The van der Waals surface area contributed by atoms with Gasteiger partial charge in [-0.05, 0) is 18.9 Å². The Hall–Kier alpha value is -1.03. The van der Waals surface area contributed by atoms with E-state index in [2.05, 4.69) is 4.98 Å². The van der Waals surface area contributed by atoms with Gasteiger partial charge in [-0.15, -0.1) is 11.8 Å². The minimum Gasteiger partial charge on any atom is -0.384 e. The van der Waals surface area contributed by atoms with Crippen LogP contribution >= 0.6 is 11.8 Å². The fourth-order valence-corrected chi connectivity index (χ4v) is 3.24. The molecular weight excluding hydrogens is 206 g/mol. The van der Waals surface area contributed by atoms with E-state index in [1.807, 2.05) is 24.0 Å². The zero-order valence-corrected chi connectivity index (χ0v) is 9.39. The number of rotatable bonds is 3. The van der Waals surface area contributed by atoms with Gasteiger partial charge in [-0.1, -0.05) is 12.8 Å². The van der Waals surface area contributed by atoms with Gasteiger partial charge in [0.05, 0.1) is 0 Å². The highest BCUT2D eigenvalue weighted by Crippen LogP contribution is 2.35. The van der Waals surface area contributed by atoms with E-state index < -0.39 is 0 Å². The summed E-state index contributed by atoms with van der Waals surface area (Å²) in [7, 11) is 0. The Morgan fingerprint density at radius 2 is 2.20 bits per heavy atom. The Morgan fingerprint density at radius 3 is 2.87 bits per heavy atom. The number of thioether (sulfide) groups is 1. The van der Waals surface area contributed by atoms with Crippen molar-refractivity contribution < 1.29 is 0 Å². The molecule has 0 unspecified atom stereocenters. The number of hydrogen-bond donors (Lipinski definition) is 2. The Bertz CT molecular complexity index is 359. The van der Waals surface area contributed by atoms with Crippen molar-refractivity contribution in [3.8, 4) is 0 Å². The molecule has 1 saturated carbocycles. The molecule has 0 amide bonds. The predicted molar refractivity (Wildman–Crippen MR) is 63.4 cm³/mol. The minimum absolute atomic E-state index is 0.137. The van der Waals surface area contributed by atoms with Crippen LogP contribution < -0.4 is 5.73 Å². The molecule has 3 N–H and O–H groups in total. The maximum absolute atomic E-state index is 7.49. The second kappa shape index (κ2) is 4.66. The van der Waals surface area contributed by atoms with Crippen molar-refractivity contribution in [1.82, 2.24) is 4.98 Å². The van der Waals surface area contributed by atoms with Gasteiger partial charge in [0, 0.05) is 28.1 Å². The highest BCUT2D eigenvalue weighted by molar-refractivity contribution is 8.00. The molecule has 15 heavy (non-hydrogen) atoms. The summed E-state index contributed by atoms with van der Waals surface area (Å²) in [5.74, 6) is 0.137. The molecule has 1 fully saturated rings. The summed E-state index contributed by atoms with van der Waals surface area (Å²) >= 11 is 1.82. The highest BCUT2D eigenvalue weighted by Gasteiger charge is 2.18. The summed E-state index contributed by atoms with van der Waals surface area (Å²) in [4.78, 5) is 5.15. The number of amidine groups is 1. The van der Waals surface area contributed by atoms with E-state index in [1.165, 1.54) is 25.7 Å². The van der Waals surface area contributed by atoms with E-state index in [0.29, 0.717) is 5.25 Å². The molecule has 0 aromatic carbocycles. The lowest BCUT2D eigenvalue weighted by molar-refractivity contribution is 0.886. The van der Waals surface area contributed by atoms with Crippen LogP contribution in [0.5, 0.6) is 0 Å². The summed E-state index contributed by atoms with van der Waals surface area (Å²) in [6.45, 7) is 0. The first kappa shape index (κ1) is 10.5. The molecule has 0 spiro atoms. The van der Waals surface area contributed by atoms with Gasteiger partial charge >= 0.3 is 0 Å². The van der Waals surface area contributed by atoms with E-state index in [9.17, 15) is 0 Å². The van der Waals surface area contributed by atoms with E-state index >= 15 is 0 Å². The second-order valence-electron chi connectivity index (χ2n) is 3.81. The maximum Gasteiger partial charge on any atom is 0.124 e. The first-order valence-corrected chi connectivity index (χ1v) is 6.10. The number of hydrogen-bond acceptors (Lipinski definition) is 3. The van der Waals surface area contributed by atoms with Crippen LogP contribution in [0.15, 0.2) is 23.4 Å². The van der Waals surface area contributed by atoms with Gasteiger partial charge < -0.3 is 5.73 Å². The van der Waals surface area contributed by atoms with Gasteiger partial charge in [-0.25, -0.2) is 0 Å². The van der Waals surface area contributed by atoms with Crippen LogP contribution in [0.3, 0.4) is 0 Å². The molecule has 0 bridgehead atoms. The van der Waals surface area contributed by atoms with Gasteiger partial charge in [0.1, 0.15) is 5.84 Å². The molecule has 3 nitrogen and oxygen atoms in total. The zero-order chi connectivity index (χ0) is 10.7. The Balaban J connectivity index is 2.15. The first-order chi connectivity index (χ1) is 7.27. The summed E-state index contributed by atoms with van der Waals surface area (Å²) in [6, 6.07) is 1.82. The third-order valence-corrected chi connectivity index (χ3v) is 4.05. The smallest absolute Gasteiger partial charge is 0.124 e. The van der Waals surface area contributed by atoms with Crippen molar-refractivity contribution in [3.05, 3.63) is 24.0 Å². The van der Waals surface area contributed by atoms with Crippen LogP contribution in [-0.2, 0) is 0 Å². The van der Waals surface area contributed by atoms with E-state index in [4.69, 9.17) is 11.1 Å². The lowest BCUT2D eigenvalue weighted by Crippen LogP contribution is -2.13.